The molecule has 3 rings (SSSR count). The first-order valence-electron chi connectivity index (χ1n) is 8.88. The molecule has 0 bridgehead atoms. The van der Waals surface area contributed by atoms with Crippen molar-refractivity contribution in [2.75, 3.05) is 26.4 Å². The van der Waals surface area contributed by atoms with Gasteiger partial charge in [0.25, 0.3) is 6.09 Å². The number of quaternary nitrogens is 1. The lowest BCUT2D eigenvalue weighted by Gasteiger charge is -2.40. The van der Waals surface area contributed by atoms with Gasteiger partial charge >= 0.3 is 5.97 Å². The van der Waals surface area contributed by atoms with E-state index in [0.29, 0.717) is 26.2 Å². The molecular formula is C19H25NO5. The topological polar surface area (TPSA) is 75.7 Å². The van der Waals surface area contributed by atoms with Gasteiger partial charge in [-0.3, -0.25) is 4.48 Å². The summed E-state index contributed by atoms with van der Waals surface area (Å²) in [6.07, 6.45) is 0.844. The van der Waals surface area contributed by atoms with Crippen molar-refractivity contribution in [3.8, 4) is 0 Å². The summed E-state index contributed by atoms with van der Waals surface area (Å²) in [7, 11) is 0. The molecule has 2 atom stereocenters. The Morgan fingerprint density at radius 3 is 2.56 bits per heavy atom. The lowest BCUT2D eigenvalue weighted by molar-refractivity contribution is -0.895. The van der Waals surface area contributed by atoms with Crippen molar-refractivity contribution in [1.29, 1.82) is 0 Å². The maximum absolute atomic E-state index is 12.6. The Bertz CT molecular complexity index is 626. The minimum absolute atomic E-state index is 0.204. The van der Waals surface area contributed by atoms with Gasteiger partial charge in [-0.15, -0.1) is 0 Å². The van der Waals surface area contributed by atoms with E-state index in [9.17, 15) is 14.7 Å². The Morgan fingerprint density at radius 2 is 1.96 bits per heavy atom. The molecule has 2 aliphatic heterocycles. The molecule has 1 aromatic rings. The summed E-state index contributed by atoms with van der Waals surface area (Å²) in [6, 6.07) is 8.68. The van der Waals surface area contributed by atoms with Gasteiger partial charge in [0.05, 0.1) is 13.2 Å². The highest BCUT2D eigenvalue weighted by Crippen LogP contribution is 2.48. The van der Waals surface area contributed by atoms with E-state index in [4.69, 9.17) is 9.47 Å². The molecule has 1 aromatic carbocycles. The lowest BCUT2D eigenvalue weighted by Crippen LogP contribution is -2.63. The molecule has 2 fully saturated rings. The molecule has 0 saturated carbocycles. The molecule has 25 heavy (non-hydrogen) atoms. The molecule has 1 unspecified atom stereocenters. The number of amides is 1. The van der Waals surface area contributed by atoms with Gasteiger partial charge in [0.15, 0.2) is 6.04 Å². The zero-order chi connectivity index (χ0) is 17.9. The van der Waals surface area contributed by atoms with E-state index in [2.05, 4.69) is 0 Å². The second-order valence-electron chi connectivity index (χ2n) is 7.19. The fourth-order valence-corrected chi connectivity index (χ4v) is 4.38. The average Bonchev–Trinajstić information content (AvgIpc) is 2.92. The standard InChI is InChI=1S/C19H25NO5/c1-2-25-17(21)16-12-19(8-10-24-11-9-19)14-20(16,18(22)23)13-15-6-4-3-5-7-15/h3-7,16H,2,8-14H2,1H3/t16-,20?/m0/s1. The molecule has 0 aliphatic carbocycles. The third-order valence-electron chi connectivity index (χ3n) is 5.62. The maximum atomic E-state index is 12.6. The SMILES string of the molecule is CCOC(=O)[C@@H]1CC2(CCOCC2)C[N+]1(Cc1ccccc1)C(=O)[O-]. The normalized spacial score (nSPS) is 28.0. The smallest absolute Gasteiger partial charge is 0.365 e. The van der Waals surface area contributed by atoms with Gasteiger partial charge in [-0.05, 0) is 19.8 Å². The van der Waals surface area contributed by atoms with Crippen molar-refractivity contribution >= 4 is 12.1 Å². The third-order valence-corrected chi connectivity index (χ3v) is 5.62. The first-order valence-corrected chi connectivity index (χ1v) is 8.88. The van der Waals surface area contributed by atoms with Crippen LogP contribution in [0, 0.1) is 5.41 Å². The number of hydrogen-bond acceptors (Lipinski definition) is 5. The van der Waals surface area contributed by atoms with Crippen LogP contribution in [-0.2, 0) is 20.8 Å². The highest BCUT2D eigenvalue weighted by atomic mass is 16.5. The molecule has 6 heteroatoms. The number of carbonyl (C=O) groups excluding carboxylic acids is 2. The van der Waals surface area contributed by atoms with Crippen LogP contribution in [0.1, 0.15) is 31.7 Å². The largest absolute Gasteiger partial charge is 0.498 e. The van der Waals surface area contributed by atoms with Crippen molar-refractivity contribution < 1.29 is 28.7 Å². The molecule has 0 radical (unpaired) electrons. The summed E-state index contributed by atoms with van der Waals surface area (Å²) < 4.78 is 10.3. The molecule has 2 saturated heterocycles. The summed E-state index contributed by atoms with van der Waals surface area (Å²) in [5.41, 5.74) is 0.676. The van der Waals surface area contributed by atoms with Gasteiger partial charge in [-0.2, -0.15) is 0 Å². The molecule has 6 nitrogen and oxygen atoms in total. The predicted molar refractivity (Wildman–Crippen MR) is 88.2 cm³/mol. The Hall–Kier alpha value is -1.92. The van der Waals surface area contributed by atoms with Crippen LogP contribution in [0.4, 0.5) is 4.79 Å². The maximum Gasteiger partial charge on any atom is 0.365 e. The zero-order valence-electron chi connectivity index (χ0n) is 14.6. The molecule has 1 spiro atoms. The minimum atomic E-state index is -1.20. The van der Waals surface area contributed by atoms with Crippen molar-refractivity contribution in [3.05, 3.63) is 35.9 Å². The number of nitrogens with zero attached hydrogens (tertiary/aromatic N) is 1. The van der Waals surface area contributed by atoms with Gasteiger partial charge in [0.2, 0.25) is 0 Å². The first-order chi connectivity index (χ1) is 12.0. The minimum Gasteiger partial charge on any atom is -0.498 e. The number of benzene rings is 1. The highest BCUT2D eigenvalue weighted by molar-refractivity contribution is 5.77. The Kier molecular flexibility index (Phi) is 5.11. The van der Waals surface area contributed by atoms with Gasteiger partial charge < -0.3 is 19.4 Å². The summed E-state index contributed by atoms with van der Waals surface area (Å²) in [5.74, 6) is -0.439. The summed E-state index contributed by atoms with van der Waals surface area (Å²) in [4.78, 5) is 24.9. The first kappa shape index (κ1) is 17.9. The molecule has 2 aliphatic rings. The van der Waals surface area contributed by atoms with E-state index in [-0.39, 0.29) is 23.0 Å². The van der Waals surface area contributed by atoms with Gasteiger partial charge in [0, 0.05) is 30.6 Å². The second-order valence-corrected chi connectivity index (χ2v) is 7.19. The summed E-state index contributed by atoms with van der Waals surface area (Å²) in [5, 5.41) is 12.3. The van der Waals surface area contributed by atoms with Crippen molar-refractivity contribution in [1.82, 2.24) is 0 Å². The molecule has 136 valence electrons. The number of hydrogen-bond donors (Lipinski definition) is 0. The monoisotopic (exact) mass is 347 g/mol. The van der Waals surface area contributed by atoms with E-state index >= 15 is 0 Å². The van der Waals surface area contributed by atoms with Crippen molar-refractivity contribution in [2.24, 2.45) is 5.41 Å². The van der Waals surface area contributed by atoms with E-state index in [1.54, 1.807) is 6.92 Å². The van der Waals surface area contributed by atoms with Gasteiger partial charge in [0.1, 0.15) is 6.54 Å². The number of ether oxygens (including phenoxy) is 2. The predicted octanol–water partition coefficient (Wildman–Crippen LogP) is 1.48. The van der Waals surface area contributed by atoms with Crippen LogP contribution in [0.15, 0.2) is 30.3 Å². The summed E-state index contributed by atoms with van der Waals surface area (Å²) >= 11 is 0. The molecule has 0 N–H and O–H groups in total. The number of rotatable bonds is 4. The number of carbonyl (C=O) groups is 2. The molecule has 1 amide bonds. The molecule has 0 aromatic heterocycles. The van der Waals surface area contributed by atoms with Crippen molar-refractivity contribution in [2.45, 2.75) is 38.8 Å². The number of carboxylic acid groups (broad SMARTS) is 1. The number of likely N-dealkylation sites (tertiary alicyclic amines) is 1. The fourth-order valence-electron chi connectivity index (χ4n) is 4.38. The van der Waals surface area contributed by atoms with Crippen LogP contribution >= 0.6 is 0 Å². The van der Waals surface area contributed by atoms with E-state index < -0.39 is 18.1 Å². The Labute approximate surface area is 147 Å². The Balaban J connectivity index is 1.98. The summed E-state index contributed by atoms with van der Waals surface area (Å²) in [6.45, 7) is 3.81. The van der Waals surface area contributed by atoms with Crippen LogP contribution in [-0.4, -0.2) is 49.0 Å². The fraction of sp³-hybridized carbons (Fsp3) is 0.579. The van der Waals surface area contributed by atoms with Crippen molar-refractivity contribution in [3.63, 3.8) is 0 Å². The lowest BCUT2D eigenvalue weighted by atomic mass is 9.78. The quantitative estimate of drug-likeness (QED) is 0.609. The van der Waals surface area contributed by atoms with Crippen LogP contribution in [0.2, 0.25) is 0 Å². The van der Waals surface area contributed by atoms with Crippen LogP contribution in [0.5, 0.6) is 0 Å². The Morgan fingerprint density at radius 1 is 1.28 bits per heavy atom. The molecule has 2 heterocycles. The highest BCUT2D eigenvalue weighted by Gasteiger charge is 2.60. The van der Waals surface area contributed by atoms with Gasteiger partial charge in [-0.1, -0.05) is 30.3 Å². The van der Waals surface area contributed by atoms with E-state index in [0.717, 1.165) is 18.4 Å². The zero-order valence-corrected chi connectivity index (χ0v) is 14.6. The van der Waals surface area contributed by atoms with E-state index in [1.165, 1.54) is 0 Å². The second kappa shape index (κ2) is 7.14. The van der Waals surface area contributed by atoms with Crippen LogP contribution < -0.4 is 5.11 Å². The van der Waals surface area contributed by atoms with Gasteiger partial charge in [-0.25, -0.2) is 4.79 Å². The van der Waals surface area contributed by atoms with E-state index in [1.807, 2.05) is 30.3 Å². The van der Waals surface area contributed by atoms with Crippen LogP contribution in [0.25, 0.3) is 0 Å². The van der Waals surface area contributed by atoms with Crippen LogP contribution in [0.3, 0.4) is 0 Å². The number of esters is 1. The average molecular weight is 347 g/mol. The third kappa shape index (κ3) is 3.41. The molecular weight excluding hydrogens is 322 g/mol.